The number of hydrogen-bond acceptors (Lipinski definition) is 7. The number of fused-ring (bicyclic) bond motifs is 1. The number of hydrogen-bond donors (Lipinski definition) is 5. The number of unbranched alkanes of at least 4 members (excludes halogenated alkanes) is 1. The van der Waals surface area contributed by atoms with Gasteiger partial charge in [-0.15, -0.1) is 0 Å². The van der Waals surface area contributed by atoms with Crippen LogP contribution in [0.15, 0.2) is 53.9 Å². The normalized spacial score (nSPS) is 10.8. The van der Waals surface area contributed by atoms with E-state index < -0.39 is 11.6 Å². The Bertz CT molecular complexity index is 1670. The van der Waals surface area contributed by atoms with E-state index >= 15 is 0 Å². The fourth-order valence-electron chi connectivity index (χ4n) is 4.58. The predicted molar refractivity (Wildman–Crippen MR) is 164 cm³/mol. The van der Waals surface area contributed by atoms with Crippen molar-refractivity contribution in [2.75, 3.05) is 32.1 Å². The molecule has 14 heteroatoms. The number of aryl methyl sites for hydroxylation is 1. The van der Waals surface area contributed by atoms with Gasteiger partial charge in [0.15, 0.2) is 29.0 Å². The molecule has 0 spiro atoms. The standard InChI is InChI=1S/C30H35F2N9O3/c1-3-18-16-19(7-8-20(18)29(43)37-13-12-35-24(42)6-4-5-11-38-30(33)34)40-27-28-39-17-22(41(28)15-14-36-27)21-9-10-23(44-2)26(32)25(21)31/h7-10,14-17H,3-6,11-13H2,1-2H3,(H,35,42)(H,36,40)(H,37,43)(H4,33,34,38). The van der Waals surface area contributed by atoms with Crippen LogP contribution in [0.2, 0.25) is 0 Å². The number of aliphatic imine (C=N–C) groups is 1. The van der Waals surface area contributed by atoms with E-state index in [1.54, 1.807) is 22.7 Å². The van der Waals surface area contributed by atoms with Crippen molar-refractivity contribution in [1.29, 1.82) is 0 Å². The van der Waals surface area contributed by atoms with Gasteiger partial charge in [0.05, 0.1) is 19.0 Å². The van der Waals surface area contributed by atoms with Gasteiger partial charge in [-0.1, -0.05) is 6.92 Å². The molecule has 7 N–H and O–H groups in total. The second kappa shape index (κ2) is 14.8. The van der Waals surface area contributed by atoms with E-state index in [-0.39, 0.29) is 35.6 Å². The first-order valence-corrected chi connectivity index (χ1v) is 14.1. The van der Waals surface area contributed by atoms with Crippen molar-refractivity contribution in [3.8, 4) is 17.0 Å². The Morgan fingerprint density at radius 2 is 1.84 bits per heavy atom. The van der Waals surface area contributed by atoms with Crippen molar-refractivity contribution in [2.24, 2.45) is 16.5 Å². The van der Waals surface area contributed by atoms with Crippen LogP contribution in [0, 0.1) is 11.6 Å². The van der Waals surface area contributed by atoms with Crippen LogP contribution in [0.5, 0.6) is 5.75 Å². The van der Waals surface area contributed by atoms with Gasteiger partial charge in [0.25, 0.3) is 5.91 Å². The molecule has 2 heterocycles. The van der Waals surface area contributed by atoms with Crippen LogP contribution in [0.4, 0.5) is 20.3 Å². The molecule has 0 unspecified atom stereocenters. The number of anilines is 2. The van der Waals surface area contributed by atoms with E-state index in [0.29, 0.717) is 67.2 Å². The van der Waals surface area contributed by atoms with E-state index in [1.807, 2.05) is 13.0 Å². The zero-order valence-electron chi connectivity index (χ0n) is 24.5. The van der Waals surface area contributed by atoms with Gasteiger partial charge in [-0.3, -0.25) is 19.0 Å². The molecule has 4 rings (SSSR count). The number of carbonyl (C=O) groups is 2. The third-order valence-corrected chi connectivity index (χ3v) is 6.80. The molecule has 232 valence electrons. The molecule has 12 nitrogen and oxygen atoms in total. The maximum atomic E-state index is 14.8. The predicted octanol–water partition coefficient (Wildman–Crippen LogP) is 3.28. The number of nitrogens with zero attached hydrogens (tertiary/aromatic N) is 4. The summed E-state index contributed by atoms with van der Waals surface area (Å²) in [5.74, 6) is -2.26. The summed E-state index contributed by atoms with van der Waals surface area (Å²) in [4.78, 5) is 37.5. The van der Waals surface area contributed by atoms with Gasteiger partial charge in [0.2, 0.25) is 11.7 Å². The molecule has 0 saturated heterocycles. The second-order valence-electron chi connectivity index (χ2n) is 9.78. The molecule has 4 aromatic rings. The molecular weight excluding hydrogens is 572 g/mol. The summed E-state index contributed by atoms with van der Waals surface area (Å²) in [6.45, 7) is 2.99. The second-order valence-corrected chi connectivity index (χ2v) is 9.78. The number of guanidine groups is 1. The summed E-state index contributed by atoms with van der Waals surface area (Å²) in [6.07, 6.45) is 6.85. The van der Waals surface area contributed by atoms with Crippen LogP contribution < -0.4 is 32.2 Å². The van der Waals surface area contributed by atoms with Crippen LogP contribution >= 0.6 is 0 Å². The maximum absolute atomic E-state index is 14.8. The zero-order chi connectivity index (χ0) is 31.6. The molecule has 44 heavy (non-hydrogen) atoms. The summed E-state index contributed by atoms with van der Waals surface area (Å²) in [7, 11) is 1.27. The lowest BCUT2D eigenvalue weighted by molar-refractivity contribution is -0.121. The fraction of sp³-hybridized carbons (Fsp3) is 0.300. The summed E-state index contributed by atoms with van der Waals surface area (Å²) < 4.78 is 35.6. The zero-order valence-corrected chi connectivity index (χ0v) is 24.5. The minimum atomic E-state index is -1.08. The molecule has 0 aliphatic rings. The van der Waals surface area contributed by atoms with E-state index in [4.69, 9.17) is 16.2 Å². The lowest BCUT2D eigenvalue weighted by Crippen LogP contribution is -2.35. The minimum Gasteiger partial charge on any atom is -0.494 e. The SMILES string of the molecule is CCc1cc(Nc2nccn3c(-c4ccc(OC)c(F)c4F)cnc23)ccc1C(=O)NCCNC(=O)CCCCN=C(N)N. The smallest absolute Gasteiger partial charge is 0.251 e. The molecule has 2 amide bonds. The van der Waals surface area contributed by atoms with Gasteiger partial charge in [-0.25, -0.2) is 14.4 Å². The number of halogens is 2. The van der Waals surface area contributed by atoms with E-state index in [0.717, 1.165) is 5.56 Å². The molecule has 0 atom stereocenters. The fourth-order valence-corrected chi connectivity index (χ4v) is 4.58. The van der Waals surface area contributed by atoms with E-state index in [9.17, 15) is 18.4 Å². The highest BCUT2D eigenvalue weighted by Gasteiger charge is 2.19. The van der Waals surface area contributed by atoms with Crippen LogP contribution in [0.3, 0.4) is 0 Å². The van der Waals surface area contributed by atoms with Gasteiger partial charge in [-0.05, 0) is 55.2 Å². The van der Waals surface area contributed by atoms with Crippen LogP contribution in [0.25, 0.3) is 16.9 Å². The lowest BCUT2D eigenvalue weighted by Gasteiger charge is -2.13. The Kier molecular flexibility index (Phi) is 10.6. The molecule has 2 aromatic heterocycles. The van der Waals surface area contributed by atoms with Gasteiger partial charge < -0.3 is 32.2 Å². The molecule has 2 aromatic carbocycles. The Labute approximate surface area is 252 Å². The Hall–Kier alpha value is -5.27. The highest BCUT2D eigenvalue weighted by atomic mass is 19.2. The summed E-state index contributed by atoms with van der Waals surface area (Å²) in [5, 5.41) is 8.83. The van der Waals surface area contributed by atoms with Crippen molar-refractivity contribution in [3.05, 3.63) is 71.7 Å². The third kappa shape index (κ3) is 7.56. The molecule has 0 saturated carbocycles. The van der Waals surface area contributed by atoms with Crippen LogP contribution in [0.1, 0.15) is 42.1 Å². The van der Waals surface area contributed by atoms with Crippen LogP contribution in [-0.4, -0.2) is 58.9 Å². The highest BCUT2D eigenvalue weighted by Crippen LogP contribution is 2.31. The number of rotatable bonds is 14. The van der Waals surface area contributed by atoms with Crippen molar-refractivity contribution >= 4 is 34.9 Å². The number of methoxy groups -OCH3 is 1. The maximum Gasteiger partial charge on any atom is 0.251 e. The molecular formula is C30H35F2N9O3. The van der Waals surface area contributed by atoms with Crippen molar-refractivity contribution in [1.82, 2.24) is 25.0 Å². The summed E-state index contributed by atoms with van der Waals surface area (Å²) >= 11 is 0. The minimum absolute atomic E-state index is 0.0238. The van der Waals surface area contributed by atoms with Gasteiger partial charge in [0.1, 0.15) is 0 Å². The quantitative estimate of drug-likeness (QED) is 0.0825. The van der Waals surface area contributed by atoms with E-state index in [1.165, 1.54) is 31.6 Å². The van der Waals surface area contributed by atoms with Gasteiger partial charge in [0, 0.05) is 55.3 Å². The van der Waals surface area contributed by atoms with Crippen molar-refractivity contribution in [3.63, 3.8) is 0 Å². The topological polar surface area (TPSA) is 174 Å². The van der Waals surface area contributed by atoms with Gasteiger partial charge in [-0.2, -0.15) is 4.39 Å². The Balaban J connectivity index is 1.38. The summed E-state index contributed by atoms with van der Waals surface area (Å²) in [5.41, 5.74) is 13.3. The first-order valence-electron chi connectivity index (χ1n) is 14.1. The number of ether oxygens (including phenoxy) is 1. The number of benzene rings is 2. The summed E-state index contributed by atoms with van der Waals surface area (Å²) in [6, 6.07) is 8.07. The largest absolute Gasteiger partial charge is 0.494 e. The Morgan fingerprint density at radius 3 is 2.59 bits per heavy atom. The first kappa shape index (κ1) is 31.7. The van der Waals surface area contributed by atoms with Crippen molar-refractivity contribution < 1.29 is 23.1 Å². The van der Waals surface area contributed by atoms with E-state index in [2.05, 4.69) is 30.9 Å². The molecule has 0 bridgehead atoms. The number of imidazole rings is 1. The first-order chi connectivity index (χ1) is 21.2. The molecule has 0 fully saturated rings. The number of amides is 2. The number of carbonyl (C=O) groups excluding carboxylic acids is 2. The lowest BCUT2D eigenvalue weighted by atomic mass is 10.0. The van der Waals surface area contributed by atoms with Crippen LogP contribution in [-0.2, 0) is 11.2 Å². The Morgan fingerprint density at radius 1 is 1.05 bits per heavy atom. The number of nitrogens with two attached hydrogens (primary N) is 2. The molecule has 0 aliphatic heterocycles. The monoisotopic (exact) mass is 607 g/mol. The molecule has 0 aliphatic carbocycles. The van der Waals surface area contributed by atoms with Gasteiger partial charge >= 0.3 is 0 Å². The number of aromatic nitrogens is 3. The highest BCUT2D eigenvalue weighted by molar-refractivity contribution is 5.96. The number of nitrogens with one attached hydrogen (secondary N) is 3. The molecule has 0 radical (unpaired) electrons. The van der Waals surface area contributed by atoms with Crippen molar-refractivity contribution in [2.45, 2.75) is 32.6 Å². The average molecular weight is 608 g/mol. The average Bonchev–Trinajstić information content (AvgIpc) is 3.45. The third-order valence-electron chi connectivity index (χ3n) is 6.80.